The zero-order valence-electron chi connectivity index (χ0n) is 17.4. The highest BCUT2D eigenvalue weighted by Gasteiger charge is 2.18. The van der Waals surface area contributed by atoms with Crippen LogP contribution in [0.1, 0.15) is 22.4 Å². The molecule has 158 valence electrons. The molecule has 31 heavy (non-hydrogen) atoms. The lowest BCUT2D eigenvalue weighted by molar-refractivity contribution is -0.139. The van der Waals surface area contributed by atoms with Crippen LogP contribution in [0.4, 0.5) is 4.39 Å². The summed E-state index contributed by atoms with van der Waals surface area (Å²) in [6, 6.07) is 11.6. The Balaban J connectivity index is 1.87. The highest BCUT2D eigenvalue weighted by atomic mass is 19.1. The number of pyridine rings is 2. The number of fused-ring (bicyclic) bond motifs is 2. The molecule has 0 aliphatic carbocycles. The second kappa shape index (κ2) is 7.83. The van der Waals surface area contributed by atoms with Crippen molar-refractivity contribution in [1.29, 1.82) is 0 Å². The first-order valence-electron chi connectivity index (χ1n) is 9.77. The first-order chi connectivity index (χ1) is 14.7. The van der Waals surface area contributed by atoms with Crippen LogP contribution in [0.15, 0.2) is 47.3 Å². The molecule has 0 amide bonds. The first kappa shape index (κ1) is 20.5. The van der Waals surface area contributed by atoms with E-state index in [1.807, 2.05) is 19.9 Å². The number of aryl methyl sites for hydroxylation is 3. The van der Waals surface area contributed by atoms with Gasteiger partial charge in [-0.15, -0.1) is 0 Å². The molecular formula is C24H21FN2O4. The number of hydrogen-bond acceptors (Lipinski definition) is 4. The van der Waals surface area contributed by atoms with E-state index < -0.39 is 12.6 Å². The average Bonchev–Trinajstić information content (AvgIpc) is 2.73. The molecule has 0 aliphatic rings. The lowest BCUT2D eigenvalue weighted by Gasteiger charge is -2.17. The number of carbonyl (C=O) groups is 1. The predicted molar refractivity (Wildman–Crippen MR) is 116 cm³/mol. The predicted octanol–water partition coefficient (Wildman–Crippen LogP) is 3.90. The van der Waals surface area contributed by atoms with Crippen molar-refractivity contribution in [1.82, 2.24) is 9.55 Å². The van der Waals surface area contributed by atoms with Gasteiger partial charge in [0.2, 0.25) is 0 Å². The van der Waals surface area contributed by atoms with E-state index in [1.165, 1.54) is 12.1 Å². The average molecular weight is 420 g/mol. The molecule has 2 aromatic heterocycles. The number of carboxylic acid groups (broad SMARTS) is 1. The summed E-state index contributed by atoms with van der Waals surface area (Å²) in [5.74, 6) is -0.978. The van der Waals surface area contributed by atoms with E-state index in [9.17, 15) is 14.0 Å². The Labute approximate surface area is 177 Å². The van der Waals surface area contributed by atoms with E-state index in [4.69, 9.17) is 9.84 Å². The van der Waals surface area contributed by atoms with Gasteiger partial charge in [-0.1, -0.05) is 6.07 Å². The van der Waals surface area contributed by atoms with Crippen molar-refractivity contribution in [2.75, 3.05) is 6.61 Å². The topological polar surface area (TPSA) is 81.4 Å². The van der Waals surface area contributed by atoms with Crippen molar-refractivity contribution in [3.63, 3.8) is 0 Å². The van der Waals surface area contributed by atoms with Crippen LogP contribution in [0.25, 0.3) is 21.8 Å². The lowest BCUT2D eigenvalue weighted by atomic mass is 9.98. The summed E-state index contributed by atoms with van der Waals surface area (Å²) in [5.41, 5.74) is 3.98. The number of benzene rings is 2. The maximum absolute atomic E-state index is 13.4. The first-order valence-corrected chi connectivity index (χ1v) is 9.77. The van der Waals surface area contributed by atoms with Crippen molar-refractivity contribution in [2.24, 2.45) is 7.05 Å². The van der Waals surface area contributed by atoms with E-state index in [1.54, 1.807) is 35.9 Å². The summed E-state index contributed by atoms with van der Waals surface area (Å²) in [6.07, 6.45) is 0.286. The molecule has 0 radical (unpaired) electrons. The summed E-state index contributed by atoms with van der Waals surface area (Å²) in [6.45, 7) is 3.22. The fourth-order valence-electron chi connectivity index (χ4n) is 3.88. The second-order valence-electron chi connectivity index (χ2n) is 7.62. The third-order valence-corrected chi connectivity index (χ3v) is 5.40. The molecule has 0 aliphatic heterocycles. The van der Waals surface area contributed by atoms with Crippen molar-refractivity contribution < 1.29 is 19.0 Å². The van der Waals surface area contributed by atoms with Gasteiger partial charge in [0.15, 0.2) is 6.61 Å². The van der Waals surface area contributed by atoms with Gasteiger partial charge in [-0.05, 0) is 61.4 Å². The molecular weight excluding hydrogens is 399 g/mol. The van der Waals surface area contributed by atoms with Gasteiger partial charge < -0.3 is 14.4 Å². The summed E-state index contributed by atoms with van der Waals surface area (Å²) in [7, 11) is 1.69. The van der Waals surface area contributed by atoms with Crippen LogP contribution in [-0.4, -0.2) is 27.2 Å². The van der Waals surface area contributed by atoms with Gasteiger partial charge >= 0.3 is 5.97 Å². The summed E-state index contributed by atoms with van der Waals surface area (Å²) < 4.78 is 20.5. The van der Waals surface area contributed by atoms with Gasteiger partial charge in [0.25, 0.3) is 5.56 Å². The Kier molecular flexibility index (Phi) is 5.19. The van der Waals surface area contributed by atoms with Gasteiger partial charge in [0.05, 0.1) is 11.0 Å². The van der Waals surface area contributed by atoms with Crippen LogP contribution < -0.4 is 10.3 Å². The van der Waals surface area contributed by atoms with E-state index >= 15 is 0 Å². The molecule has 2 heterocycles. The van der Waals surface area contributed by atoms with E-state index in [0.29, 0.717) is 38.8 Å². The Morgan fingerprint density at radius 2 is 1.94 bits per heavy atom. The second-order valence-corrected chi connectivity index (χ2v) is 7.62. The Hall–Kier alpha value is -3.74. The van der Waals surface area contributed by atoms with E-state index in [-0.39, 0.29) is 17.8 Å². The highest BCUT2D eigenvalue weighted by molar-refractivity contribution is 5.90. The third-order valence-electron chi connectivity index (χ3n) is 5.40. The van der Waals surface area contributed by atoms with Gasteiger partial charge in [0.1, 0.15) is 11.6 Å². The number of ether oxygens (including phenoxy) is 1. The minimum absolute atomic E-state index is 0.152. The Morgan fingerprint density at radius 3 is 2.68 bits per heavy atom. The maximum atomic E-state index is 13.4. The molecule has 0 bridgehead atoms. The van der Waals surface area contributed by atoms with Gasteiger partial charge in [-0.3, -0.25) is 9.78 Å². The molecule has 2 aromatic carbocycles. The van der Waals surface area contributed by atoms with Crippen LogP contribution in [0, 0.1) is 19.7 Å². The summed E-state index contributed by atoms with van der Waals surface area (Å²) in [5, 5.41) is 10.4. The number of nitrogens with zero attached hydrogens (tertiary/aromatic N) is 2. The molecule has 4 rings (SSSR count). The summed E-state index contributed by atoms with van der Waals surface area (Å²) in [4.78, 5) is 28.8. The molecule has 0 atom stereocenters. The Bertz CT molecular complexity index is 1410. The standard InChI is InChI=1S/C24H21FN2O4/c1-13-8-20-23(21(9-13)31-12-22(28)29)14(2)18(24(30)27(20)3)11-17-6-4-15-10-16(25)5-7-19(15)26-17/h4-10H,11-12H2,1-3H3,(H,28,29). The number of rotatable bonds is 5. The summed E-state index contributed by atoms with van der Waals surface area (Å²) >= 11 is 0. The van der Waals surface area contributed by atoms with E-state index in [0.717, 1.165) is 11.1 Å². The van der Waals surface area contributed by atoms with Crippen molar-refractivity contribution in [3.05, 3.63) is 81.0 Å². The van der Waals surface area contributed by atoms with Crippen molar-refractivity contribution >= 4 is 27.8 Å². The molecule has 1 N–H and O–H groups in total. The van der Waals surface area contributed by atoms with E-state index in [2.05, 4.69) is 4.98 Å². The Morgan fingerprint density at radius 1 is 1.16 bits per heavy atom. The van der Waals surface area contributed by atoms with Gasteiger partial charge in [-0.2, -0.15) is 0 Å². The quantitative estimate of drug-likeness (QED) is 0.530. The minimum Gasteiger partial charge on any atom is -0.481 e. The van der Waals surface area contributed by atoms with Crippen LogP contribution in [-0.2, 0) is 18.3 Å². The van der Waals surface area contributed by atoms with Crippen LogP contribution >= 0.6 is 0 Å². The molecule has 0 saturated carbocycles. The molecule has 0 fully saturated rings. The normalized spacial score (nSPS) is 11.2. The zero-order chi connectivity index (χ0) is 22.3. The largest absolute Gasteiger partial charge is 0.481 e. The van der Waals surface area contributed by atoms with Crippen LogP contribution in [0.2, 0.25) is 0 Å². The zero-order valence-corrected chi connectivity index (χ0v) is 17.4. The lowest BCUT2D eigenvalue weighted by Crippen LogP contribution is -2.24. The van der Waals surface area contributed by atoms with Crippen LogP contribution in [0.5, 0.6) is 5.75 Å². The fraction of sp³-hybridized carbons (Fsp3) is 0.208. The SMILES string of the molecule is Cc1cc(OCC(=O)O)c2c(C)c(Cc3ccc4cc(F)ccc4n3)c(=O)n(C)c2c1. The highest BCUT2D eigenvalue weighted by Crippen LogP contribution is 2.31. The molecule has 0 spiro atoms. The number of aromatic nitrogens is 2. The number of hydrogen-bond donors (Lipinski definition) is 1. The smallest absolute Gasteiger partial charge is 0.341 e. The maximum Gasteiger partial charge on any atom is 0.341 e. The minimum atomic E-state index is -1.07. The number of halogens is 1. The van der Waals surface area contributed by atoms with Crippen molar-refractivity contribution in [2.45, 2.75) is 20.3 Å². The molecule has 0 unspecified atom stereocenters. The molecule has 0 saturated heterocycles. The monoisotopic (exact) mass is 420 g/mol. The fourth-order valence-corrected chi connectivity index (χ4v) is 3.88. The van der Waals surface area contributed by atoms with Crippen molar-refractivity contribution in [3.8, 4) is 5.75 Å². The number of aliphatic carboxylic acids is 1. The number of carboxylic acids is 1. The molecule has 6 nitrogen and oxygen atoms in total. The third kappa shape index (κ3) is 3.86. The molecule has 4 aromatic rings. The van der Waals surface area contributed by atoms with Gasteiger partial charge in [0, 0.05) is 35.5 Å². The van der Waals surface area contributed by atoms with Crippen LogP contribution in [0.3, 0.4) is 0 Å². The van der Waals surface area contributed by atoms with Gasteiger partial charge in [-0.25, -0.2) is 9.18 Å². The molecule has 7 heteroatoms.